The predicted molar refractivity (Wildman–Crippen MR) is 139 cm³/mol. The third-order valence-corrected chi connectivity index (χ3v) is 13.3. The Morgan fingerprint density at radius 2 is 1.34 bits per heavy atom. The van der Waals surface area contributed by atoms with E-state index in [2.05, 4.69) is 95.1 Å². The Balaban J connectivity index is 2.01. The molecule has 0 N–H and O–H groups in total. The van der Waals surface area contributed by atoms with Crippen LogP contribution in [0.4, 0.5) is 0 Å². The molecule has 4 rings (SSSR count). The Morgan fingerprint density at radius 3 is 1.97 bits per heavy atom. The van der Waals surface area contributed by atoms with Crippen molar-refractivity contribution in [3.63, 3.8) is 0 Å². The van der Waals surface area contributed by atoms with E-state index < -0.39 is 8.07 Å². The third kappa shape index (κ3) is 3.65. The maximum atomic E-state index is 5.08. The molecule has 0 unspecified atom stereocenters. The zero-order chi connectivity index (χ0) is 23.0. The van der Waals surface area contributed by atoms with Gasteiger partial charge in [0.2, 0.25) is 0 Å². The molecule has 0 aliphatic carbocycles. The maximum Gasteiger partial charge on any atom is 0.146 e. The Bertz CT molecular complexity index is 1310. The fraction of sp³-hybridized carbons (Fsp3) is 0.357. The van der Waals surface area contributed by atoms with Crippen molar-refractivity contribution in [2.24, 2.45) is 7.05 Å². The Kier molecular flexibility index (Phi) is 5.96. The Hall–Kier alpha value is -2.90. The average Bonchev–Trinajstić information content (AvgIpc) is 3.09. The monoisotopic (exact) mass is 439 g/mol. The summed E-state index contributed by atoms with van der Waals surface area (Å²) in [6, 6.07) is 16.6. The summed E-state index contributed by atoms with van der Waals surface area (Å²) in [5, 5.41) is 1.18. The van der Waals surface area contributed by atoms with Crippen LogP contribution in [0.25, 0.3) is 33.2 Å². The van der Waals surface area contributed by atoms with Gasteiger partial charge in [-0.25, -0.2) is 9.97 Å². The predicted octanol–water partition coefficient (Wildman–Crippen LogP) is 7.36. The van der Waals surface area contributed by atoms with Crippen LogP contribution in [-0.4, -0.2) is 22.6 Å². The van der Waals surface area contributed by atoms with Crippen molar-refractivity contribution in [3.05, 3.63) is 60.4 Å². The van der Waals surface area contributed by atoms with Crippen molar-refractivity contribution in [2.75, 3.05) is 0 Å². The molecule has 0 spiro atoms. The van der Waals surface area contributed by atoms with Crippen molar-refractivity contribution >= 4 is 30.0 Å². The molecule has 0 amide bonds. The van der Waals surface area contributed by atoms with E-state index >= 15 is 0 Å². The molecule has 32 heavy (non-hydrogen) atoms. The SMILES string of the molecule is CC(C)[Si](C#Cc1nc2ccccc2nc1-c1cn(C)c2ccccc12)(C(C)C)C(C)C. The van der Waals surface area contributed by atoms with Crippen molar-refractivity contribution in [1.82, 2.24) is 14.5 Å². The highest BCUT2D eigenvalue weighted by molar-refractivity contribution is 6.90. The molecule has 4 aromatic rings. The summed E-state index contributed by atoms with van der Waals surface area (Å²) >= 11 is 0. The lowest BCUT2D eigenvalue weighted by molar-refractivity contribution is 0.838. The summed E-state index contributed by atoms with van der Waals surface area (Å²) in [6.07, 6.45) is 2.16. The van der Waals surface area contributed by atoms with Gasteiger partial charge in [-0.05, 0) is 34.8 Å². The molecule has 0 atom stereocenters. The van der Waals surface area contributed by atoms with Crippen LogP contribution in [0.2, 0.25) is 16.6 Å². The second-order valence-corrected chi connectivity index (χ2v) is 15.3. The molecule has 0 bridgehead atoms. The minimum atomic E-state index is -1.88. The fourth-order valence-corrected chi connectivity index (χ4v) is 10.6. The third-order valence-electron chi connectivity index (χ3n) is 6.99. The molecule has 4 heteroatoms. The van der Waals surface area contributed by atoms with E-state index in [1.54, 1.807) is 0 Å². The first-order valence-electron chi connectivity index (χ1n) is 11.6. The van der Waals surface area contributed by atoms with Gasteiger partial charge >= 0.3 is 0 Å². The van der Waals surface area contributed by atoms with Gasteiger partial charge in [-0.2, -0.15) is 0 Å². The van der Waals surface area contributed by atoms with Crippen LogP contribution in [-0.2, 0) is 7.05 Å². The summed E-state index contributed by atoms with van der Waals surface area (Å²) in [5.41, 5.74) is 11.3. The van der Waals surface area contributed by atoms with Crippen LogP contribution in [0.15, 0.2) is 54.7 Å². The second-order valence-electron chi connectivity index (χ2n) is 9.73. The van der Waals surface area contributed by atoms with E-state index in [9.17, 15) is 0 Å². The van der Waals surface area contributed by atoms with Crippen molar-refractivity contribution in [2.45, 2.75) is 58.2 Å². The maximum absolute atomic E-state index is 5.08. The number of fused-ring (bicyclic) bond motifs is 2. The van der Waals surface area contributed by atoms with Gasteiger partial charge in [0.25, 0.3) is 0 Å². The van der Waals surface area contributed by atoms with E-state index in [-0.39, 0.29) is 0 Å². The quantitative estimate of drug-likeness (QED) is 0.246. The highest BCUT2D eigenvalue weighted by Gasteiger charge is 2.41. The van der Waals surface area contributed by atoms with Crippen LogP contribution in [0.1, 0.15) is 47.2 Å². The molecule has 0 saturated carbocycles. The number of rotatable bonds is 4. The minimum absolute atomic E-state index is 0.574. The van der Waals surface area contributed by atoms with E-state index in [0.29, 0.717) is 16.6 Å². The van der Waals surface area contributed by atoms with E-state index in [0.717, 1.165) is 28.0 Å². The van der Waals surface area contributed by atoms with Gasteiger partial charge in [0, 0.05) is 29.7 Å². The highest BCUT2D eigenvalue weighted by Crippen LogP contribution is 2.41. The van der Waals surface area contributed by atoms with Crippen LogP contribution in [0.3, 0.4) is 0 Å². The normalized spacial score (nSPS) is 12.2. The number of nitrogens with zero attached hydrogens (tertiary/aromatic N) is 3. The Labute approximate surface area is 192 Å². The molecule has 0 radical (unpaired) electrons. The molecule has 2 aromatic heterocycles. The summed E-state index contributed by atoms with van der Waals surface area (Å²) in [5.74, 6) is 3.59. The van der Waals surface area contributed by atoms with E-state index in [1.165, 1.54) is 10.9 Å². The molecule has 164 valence electrons. The molecule has 2 heterocycles. The van der Waals surface area contributed by atoms with Crippen LogP contribution in [0, 0.1) is 11.5 Å². The van der Waals surface area contributed by atoms with E-state index in [1.807, 2.05) is 24.3 Å². The van der Waals surface area contributed by atoms with Crippen molar-refractivity contribution < 1.29 is 0 Å². The summed E-state index contributed by atoms with van der Waals surface area (Å²) in [7, 11) is 0.199. The molecule has 0 fully saturated rings. The highest BCUT2D eigenvalue weighted by atomic mass is 28.3. The second kappa shape index (κ2) is 8.56. The molecular formula is C28H33N3Si. The van der Waals surface area contributed by atoms with Gasteiger partial charge in [0.1, 0.15) is 19.5 Å². The first-order chi connectivity index (χ1) is 15.3. The Morgan fingerprint density at radius 1 is 0.781 bits per heavy atom. The zero-order valence-electron chi connectivity index (χ0n) is 20.3. The van der Waals surface area contributed by atoms with Crippen LogP contribution in [0.5, 0.6) is 0 Å². The lowest BCUT2D eigenvalue weighted by Crippen LogP contribution is -2.43. The number of aryl methyl sites for hydroxylation is 1. The number of aromatic nitrogens is 3. The summed E-state index contributed by atoms with van der Waals surface area (Å²) < 4.78 is 2.16. The van der Waals surface area contributed by atoms with Gasteiger partial charge < -0.3 is 4.57 Å². The molecule has 2 aromatic carbocycles. The largest absolute Gasteiger partial charge is 0.350 e. The number of benzene rings is 2. The molecule has 0 aliphatic rings. The van der Waals surface area contributed by atoms with Gasteiger partial charge in [0.15, 0.2) is 0 Å². The minimum Gasteiger partial charge on any atom is -0.350 e. The van der Waals surface area contributed by atoms with Gasteiger partial charge in [-0.15, -0.1) is 5.54 Å². The smallest absolute Gasteiger partial charge is 0.146 e. The molecule has 3 nitrogen and oxygen atoms in total. The van der Waals surface area contributed by atoms with Gasteiger partial charge in [0.05, 0.1) is 11.0 Å². The first-order valence-corrected chi connectivity index (χ1v) is 13.8. The fourth-order valence-electron chi connectivity index (χ4n) is 5.41. The summed E-state index contributed by atoms with van der Waals surface area (Å²) in [6.45, 7) is 14.1. The molecule has 0 aliphatic heterocycles. The van der Waals surface area contributed by atoms with E-state index in [4.69, 9.17) is 9.97 Å². The number of hydrogen-bond acceptors (Lipinski definition) is 2. The van der Waals surface area contributed by atoms with Crippen LogP contribution < -0.4 is 0 Å². The average molecular weight is 440 g/mol. The summed E-state index contributed by atoms with van der Waals surface area (Å²) in [4.78, 5) is 10.1. The molecule has 0 saturated heterocycles. The van der Waals surface area contributed by atoms with Crippen LogP contribution >= 0.6 is 0 Å². The van der Waals surface area contributed by atoms with Crippen molar-refractivity contribution in [3.8, 4) is 22.7 Å². The lowest BCUT2D eigenvalue weighted by atomic mass is 10.1. The first kappa shape index (κ1) is 22.3. The topological polar surface area (TPSA) is 30.7 Å². The van der Waals surface area contributed by atoms with Gasteiger partial charge in [-0.3, -0.25) is 0 Å². The number of hydrogen-bond donors (Lipinski definition) is 0. The van der Waals surface area contributed by atoms with Gasteiger partial charge in [-0.1, -0.05) is 77.8 Å². The number of para-hydroxylation sites is 3. The lowest BCUT2D eigenvalue weighted by Gasteiger charge is -2.38. The molecular weight excluding hydrogens is 406 g/mol. The zero-order valence-corrected chi connectivity index (χ0v) is 21.3. The standard InChI is InChI=1S/C28H33N3Si/c1-19(2)32(20(3)4,21(5)6)17-16-26-28(30-25-14-10-9-13-24(25)29-26)23-18-31(7)27-15-11-8-12-22(23)27/h8-15,18-21H,1-7H3. The van der Waals surface area contributed by atoms with Crippen molar-refractivity contribution in [1.29, 1.82) is 0 Å².